The lowest BCUT2D eigenvalue weighted by atomic mass is 10.00. The molecule has 3 aromatic rings. The van der Waals surface area contributed by atoms with Crippen molar-refractivity contribution in [2.75, 3.05) is 13.2 Å². The summed E-state index contributed by atoms with van der Waals surface area (Å²) in [4.78, 5) is 29.4. The van der Waals surface area contributed by atoms with E-state index in [-0.39, 0.29) is 24.9 Å². The third-order valence-corrected chi connectivity index (χ3v) is 4.85. The second kappa shape index (κ2) is 7.04. The molecule has 0 atom stereocenters. The largest absolute Gasteiger partial charge is 0.455 e. The lowest BCUT2D eigenvalue weighted by molar-refractivity contribution is -0.151. The summed E-state index contributed by atoms with van der Waals surface area (Å²) < 4.78 is 5.22. The molecule has 5 heteroatoms. The normalized spacial score (nSPS) is 13.5. The Morgan fingerprint density at radius 2 is 1.81 bits per heavy atom. The van der Waals surface area contributed by atoms with E-state index in [0.717, 1.165) is 28.5 Å². The summed E-state index contributed by atoms with van der Waals surface area (Å²) in [6, 6.07) is 15.9. The van der Waals surface area contributed by atoms with Gasteiger partial charge in [-0.25, -0.2) is 0 Å². The minimum atomic E-state index is -0.388. The van der Waals surface area contributed by atoms with Crippen molar-refractivity contribution in [3.63, 3.8) is 0 Å². The van der Waals surface area contributed by atoms with Crippen LogP contribution in [0.2, 0.25) is 0 Å². The molecule has 0 saturated carbocycles. The number of hydrogen-bond acceptors (Lipinski definition) is 3. The summed E-state index contributed by atoms with van der Waals surface area (Å²) >= 11 is 0. The summed E-state index contributed by atoms with van der Waals surface area (Å²) in [5, 5.41) is 1.00. The number of rotatable bonds is 4. The predicted octanol–water partition coefficient (Wildman–Crippen LogP) is 2.84. The van der Waals surface area contributed by atoms with E-state index in [4.69, 9.17) is 4.74 Å². The van der Waals surface area contributed by atoms with Crippen molar-refractivity contribution in [1.29, 1.82) is 0 Å². The summed E-state index contributed by atoms with van der Waals surface area (Å²) in [6.07, 6.45) is 2.81. The molecule has 1 amide bonds. The molecule has 1 aliphatic heterocycles. The quantitative estimate of drug-likeness (QED) is 0.738. The van der Waals surface area contributed by atoms with Gasteiger partial charge in [0.15, 0.2) is 6.61 Å². The van der Waals surface area contributed by atoms with E-state index in [1.807, 2.05) is 48.7 Å². The molecule has 5 nitrogen and oxygen atoms in total. The highest BCUT2D eigenvalue weighted by Gasteiger charge is 2.21. The topological polar surface area (TPSA) is 62.4 Å². The van der Waals surface area contributed by atoms with Gasteiger partial charge < -0.3 is 14.6 Å². The van der Waals surface area contributed by atoms with Crippen LogP contribution in [0.1, 0.15) is 16.7 Å². The fourth-order valence-electron chi connectivity index (χ4n) is 3.43. The molecule has 132 valence electrons. The molecule has 0 fully saturated rings. The number of para-hydroxylation sites is 1. The van der Waals surface area contributed by atoms with Crippen LogP contribution in [0.3, 0.4) is 0 Å². The minimum absolute atomic E-state index is 0.147. The van der Waals surface area contributed by atoms with E-state index >= 15 is 0 Å². The van der Waals surface area contributed by atoms with Gasteiger partial charge in [0.25, 0.3) is 5.91 Å². The fraction of sp³-hybridized carbons (Fsp3) is 0.238. The molecule has 0 aliphatic carbocycles. The lowest BCUT2D eigenvalue weighted by Crippen LogP contribution is -2.38. The van der Waals surface area contributed by atoms with E-state index < -0.39 is 0 Å². The van der Waals surface area contributed by atoms with Crippen LogP contribution in [0.5, 0.6) is 0 Å². The maximum absolute atomic E-state index is 12.4. The van der Waals surface area contributed by atoms with Crippen molar-refractivity contribution in [2.24, 2.45) is 0 Å². The average Bonchev–Trinajstić information content (AvgIpc) is 3.08. The van der Waals surface area contributed by atoms with Crippen molar-refractivity contribution >= 4 is 22.8 Å². The number of carbonyl (C=O) groups is 2. The van der Waals surface area contributed by atoms with Crippen LogP contribution < -0.4 is 0 Å². The number of amides is 1. The van der Waals surface area contributed by atoms with E-state index in [2.05, 4.69) is 11.1 Å². The highest BCUT2D eigenvalue weighted by molar-refractivity contribution is 5.88. The van der Waals surface area contributed by atoms with E-state index in [1.165, 1.54) is 5.56 Å². The van der Waals surface area contributed by atoms with Gasteiger partial charge in [-0.2, -0.15) is 0 Å². The molecule has 0 spiro atoms. The molecule has 0 saturated heterocycles. The fourth-order valence-corrected chi connectivity index (χ4v) is 3.43. The van der Waals surface area contributed by atoms with Crippen LogP contribution in [-0.2, 0) is 33.7 Å². The summed E-state index contributed by atoms with van der Waals surface area (Å²) in [5.41, 5.74) is 4.31. The summed E-state index contributed by atoms with van der Waals surface area (Å²) in [6.45, 7) is 1.04. The van der Waals surface area contributed by atoms with E-state index in [0.29, 0.717) is 13.1 Å². The van der Waals surface area contributed by atoms with Gasteiger partial charge in [0.05, 0.1) is 6.42 Å². The Bertz CT molecular complexity index is 961. The Morgan fingerprint density at radius 3 is 2.69 bits per heavy atom. The van der Waals surface area contributed by atoms with Crippen molar-refractivity contribution in [2.45, 2.75) is 19.4 Å². The Hall–Kier alpha value is -3.08. The SMILES string of the molecule is O=C(Cc1c[nH]c2ccccc12)OCC(=O)N1CCc2ccccc2C1. The first-order valence-corrected chi connectivity index (χ1v) is 8.76. The number of aromatic nitrogens is 1. The van der Waals surface area contributed by atoms with Gasteiger partial charge in [-0.1, -0.05) is 42.5 Å². The first-order chi connectivity index (χ1) is 12.7. The standard InChI is InChI=1S/C21H20N2O3/c24-20(23-10-9-15-5-1-2-6-16(15)13-23)14-26-21(25)11-17-12-22-19-8-4-3-7-18(17)19/h1-8,12,22H,9-11,13-14H2. The Kier molecular flexibility index (Phi) is 4.44. The van der Waals surface area contributed by atoms with Gasteiger partial charge in [-0.05, 0) is 29.2 Å². The summed E-state index contributed by atoms with van der Waals surface area (Å²) in [7, 11) is 0. The molecule has 4 rings (SSSR count). The van der Waals surface area contributed by atoms with E-state index in [9.17, 15) is 9.59 Å². The molecular formula is C21H20N2O3. The third-order valence-electron chi connectivity index (χ3n) is 4.85. The number of aromatic amines is 1. The maximum atomic E-state index is 12.4. The number of hydrogen-bond donors (Lipinski definition) is 1. The number of fused-ring (bicyclic) bond motifs is 2. The predicted molar refractivity (Wildman–Crippen MR) is 98.5 cm³/mol. The summed E-state index contributed by atoms with van der Waals surface area (Å²) in [5.74, 6) is -0.535. The number of benzene rings is 2. The van der Waals surface area contributed by atoms with Gasteiger partial charge >= 0.3 is 5.97 Å². The molecule has 1 N–H and O–H groups in total. The molecule has 1 aromatic heterocycles. The first-order valence-electron chi connectivity index (χ1n) is 8.76. The molecule has 2 aromatic carbocycles. The second-order valence-corrected chi connectivity index (χ2v) is 6.53. The van der Waals surface area contributed by atoms with Gasteiger partial charge in [-0.15, -0.1) is 0 Å². The van der Waals surface area contributed by atoms with Crippen LogP contribution in [0.15, 0.2) is 54.7 Å². The molecular weight excluding hydrogens is 328 g/mol. The maximum Gasteiger partial charge on any atom is 0.310 e. The van der Waals surface area contributed by atoms with Crippen LogP contribution in [0.25, 0.3) is 10.9 Å². The average molecular weight is 348 g/mol. The number of nitrogens with one attached hydrogen (secondary N) is 1. The van der Waals surface area contributed by atoms with Crippen molar-refractivity contribution in [1.82, 2.24) is 9.88 Å². The zero-order valence-electron chi connectivity index (χ0n) is 14.4. The van der Waals surface area contributed by atoms with Gasteiger partial charge in [-0.3, -0.25) is 9.59 Å². The zero-order valence-corrected chi connectivity index (χ0v) is 14.4. The number of esters is 1. The number of H-pyrrole nitrogens is 1. The zero-order chi connectivity index (χ0) is 17.9. The van der Waals surface area contributed by atoms with Crippen LogP contribution in [0.4, 0.5) is 0 Å². The highest BCUT2D eigenvalue weighted by atomic mass is 16.5. The lowest BCUT2D eigenvalue weighted by Gasteiger charge is -2.28. The second-order valence-electron chi connectivity index (χ2n) is 6.53. The van der Waals surface area contributed by atoms with Gasteiger partial charge in [0, 0.05) is 30.2 Å². The van der Waals surface area contributed by atoms with E-state index in [1.54, 1.807) is 4.90 Å². The van der Waals surface area contributed by atoms with Gasteiger partial charge in [0.1, 0.15) is 0 Å². The molecule has 0 unspecified atom stereocenters. The molecule has 1 aliphatic rings. The number of carbonyl (C=O) groups excluding carboxylic acids is 2. The monoisotopic (exact) mass is 348 g/mol. The smallest absolute Gasteiger partial charge is 0.310 e. The first kappa shape index (κ1) is 16.4. The van der Waals surface area contributed by atoms with Crippen LogP contribution in [-0.4, -0.2) is 34.9 Å². The molecule has 26 heavy (non-hydrogen) atoms. The highest BCUT2D eigenvalue weighted by Crippen LogP contribution is 2.19. The van der Waals surface area contributed by atoms with Crippen LogP contribution >= 0.6 is 0 Å². The van der Waals surface area contributed by atoms with Gasteiger partial charge in [0.2, 0.25) is 0 Å². The minimum Gasteiger partial charge on any atom is -0.455 e. The molecule has 2 heterocycles. The molecule has 0 radical (unpaired) electrons. The van der Waals surface area contributed by atoms with Crippen molar-refractivity contribution in [3.05, 3.63) is 71.4 Å². The molecule has 0 bridgehead atoms. The number of nitrogens with zero attached hydrogens (tertiary/aromatic N) is 1. The third kappa shape index (κ3) is 3.33. The van der Waals surface area contributed by atoms with Crippen molar-refractivity contribution in [3.8, 4) is 0 Å². The Morgan fingerprint density at radius 1 is 1.04 bits per heavy atom. The Balaban J connectivity index is 1.32. The van der Waals surface area contributed by atoms with Crippen LogP contribution in [0, 0.1) is 0 Å². The number of ether oxygens (including phenoxy) is 1. The van der Waals surface area contributed by atoms with Crippen molar-refractivity contribution < 1.29 is 14.3 Å². The Labute approximate surface area is 151 Å².